The first-order valence-electron chi connectivity index (χ1n) is 10.8. The maximum atomic E-state index is 12.5. The summed E-state index contributed by atoms with van der Waals surface area (Å²) in [4.78, 5) is 19.7. The van der Waals surface area contributed by atoms with Crippen molar-refractivity contribution in [2.75, 3.05) is 18.2 Å². The lowest BCUT2D eigenvalue weighted by Gasteiger charge is -2.30. The Labute approximate surface area is 199 Å². The van der Waals surface area contributed by atoms with Crippen molar-refractivity contribution >= 4 is 50.6 Å². The maximum Gasteiger partial charge on any atom is 0.234 e. The first kappa shape index (κ1) is 22.1. The molecular weight excluding hydrogens is 458 g/mol. The second-order valence-corrected chi connectivity index (χ2v) is 10.5. The predicted octanol–water partition coefficient (Wildman–Crippen LogP) is 4.49. The standard InChI is InChI=1S/C23H25N5O3S2/c1-5-17-25-21-19(15-10-23(2,3)31-11-16(15)33-21)20-26-27-22(28(17)20)32-12-18(29)24-13-6-8-14(30-4)9-7-13/h6-9H,5,10-12H2,1-4H3,(H,24,29). The van der Waals surface area contributed by atoms with Crippen LogP contribution in [0.25, 0.3) is 15.9 Å². The van der Waals surface area contributed by atoms with E-state index in [1.807, 2.05) is 28.7 Å². The Morgan fingerprint density at radius 2 is 2.09 bits per heavy atom. The monoisotopic (exact) mass is 483 g/mol. The molecule has 1 amide bonds. The van der Waals surface area contributed by atoms with Gasteiger partial charge in [0, 0.05) is 23.4 Å². The van der Waals surface area contributed by atoms with Gasteiger partial charge in [0.15, 0.2) is 10.8 Å². The summed E-state index contributed by atoms with van der Waals surface area (Å²) in [6.07, 6.45) is 1.55. The maximum absolute atomic E-state index is 12.5. The minimum Gasteiger partial charge on any atom is -0.497 e. The minimum atomic E-state index is -0.224. The van der Waals surface area contributed by atoms with E-state index in [2.05, 4.69) is 36.3 Å². The van der Waals surface area contributed by atoms with Crippen molar-refractivity contribution < 1.29 is 14.3 Å². The summed E-state index contributed by atoms with van der Waals surface area (Å²) in [5, 5.41) is 13.6. The average molecular weight is 484 g/mol. The molecule has 172 valence electrons. The molecule has 1 aliphatic heterocycles. The van der Waals surface area contributed by atoms with Gasteiger partial charge in [0.25, 0.3) is 0 Å². The summed E-state index contributed by atoms with van der Waals surface area (Å²) in [5.74, 6) is 1.74. The third kappa shape index (κ3) is 4.18. The highest BCUT2D eigenvalue weighted by Gasteiger charge is 2.31. The van der Waals surface area contributed by atoms with Gasteiger partial charge in [0.05, 0.1) is 30.5 Å². The fourth-order valence-corrected chi connectivity index (χ4v) is 5.88. The van der Waals surface area contributed by atoms with Crippen LogP contribution >= 0.6 is 23.1 Å². The Balaban J connectivity index is 1.43. The molecule has 0 aliphatic carbocycles. The Bertz CT molecular complexity index is 1340. The third-order valence-electron chi connectivity index (χ3n) is 5.64. The van der Waals surface area contributed by atoms with Crippen molar-refractivity contribution in [2.45, 2.75) is 51.0 Å². The highest BCUT2D eigenvalue weighted by Crippen LogP contribution is 2.40. The van der Waals surface area contributed by atoms with Gasteiger partial charge in [-0.3, -0.25) is 9.20 Å². The van der Waals surface area contributed by atoms with Gasteiger partial charge in [-0.15, -0.1) is 21.5 Å². The van der Waals surface area contributed by atoms with Crippen molar-refractivity contribution in [1.82, 2.24) is 19.6 Å². The number of nitrogens with one attached hydrogen (secondary N) is 1. The topological polar surface area (TPSA) is 90.6 Å². The Morgan fingerprint density at radius 1 is 1.30 bits per heavy atom. The summed E-state index contributed by atoms with van der Waals surface area (Å²) < 4.78 is 13.2. The molecule has 4 aromatic rings. The van der Waals surface area contributed by atoms with Gasteiger partial charge in [0.2, 0.25) is 5.91 Å². The summed E-state index contributed by atoms with van der Waals surface area (Å²) in [6.45, 7) is 6.88. The van der Waals surface area contributed by atoms with Gasteiger partial charge in [-0.25, -0.2) is 4.98 Å². The molecule has 8 nitrogen and oxygen atoms in total. The van der Waals surface area contributed by atoms with E-state index < -0.39 is 0 Å². The number of hydrogen-bond acceptors (Lipinski definition) is 8. The van der Waals surface area contributed by atoms with Crippen LogP contribution in [-0.2, 0) is 29.0 Å². The Kier molecular flexibility index (Phi) is 5.75. The number of thiophene rings is 1. The van der Waals surface area contributed by atoms with E-state index in [1.165, 1.54) is 22.2 Å². The summed E-state index contributed by atoms with van der Waals surface area (Å²) in [6, 6.07) is 7.25. The van der Waals surface area contributed by atoms with Crippen molar-refractivity contribution in [3.63, 3.8) is 0 Å². The van der Waals surface area contributed by atoms with Crippen LogP contribution in [0.5, 0.6) is 5.75 Å². The van der Waals surface area contributed by atoms with E-state index in [0.717, 1.165) is 46.0 Å². The molecule has 1 N–H and O–H groups in total. The molecule has 0 bridgehead atoms. The van der Waals surface area contributed by atoms with Crippen molar-refractivity contribution in [2.24, 2.45) is 0 Å². The van der Waals surface area contributed by atoms with E-state index in [9.17, 15) is 4.79 Å². The molecule has 3 aromatic heterocycles. The SMILES string of the molecule is CCc1nc2sc3c(c2c2nnc(SCC(=O)Nc4ccc(OC)cc4)n12)CC(C)(C)OC3. The van der Waals surface area contributed by atoms with Crippen LogP contribution in [0.15, 0.2) is 29.4 Å². The zero-order chi connectivity index (χ0) is 23.2. The van der Waals surface area contributed by atoms with Crippen LogP contribution in [0.3, 0.4) is 0 Å². The molecule has 1 aliphatic rings. The fourth-order valence-electron chi connectivity index (χ4n) is 4.01. The quantitative estimate of drug-likeness (QED) is 0.404. The van der Waals surface area contributed by atoms with E-state index in [-0.39, 0.29) is 17.3 Å². The number of fused-ring (bicyclic) bond motifs is 5. The van der Waals surface area contributed by atoms with Crippen LogP contribution in [0, 0.1) is 0 Å². The summed E-state index contributed by atoms with van der Waals surface area (Å²) in [5.41, 5.74) is 2.57. The summed E-state index contributed by atoms with van der Waals surface area (Å²) >= 11 is 3.04. The highest BCUT2D eigenvalue weighted by molar-refractivity contribution is 7.99. The smallest absolute Gasteiger partial charge is 0.234 e. The molecule has 0 unspecified atom stereocenters. The largest absolute Gasteiger partial charge is 0.497 e. The molecule has 33 heavy (non-hydrogen) atoms. The van der Waals surface area contributed by atoms with Crippen molar-refractivity contribution in [3.8, 4) is 5.75 Å². The van der Waals surface area contributed by atoms with Gasteiger partial charge < -0.3 is 14.8 Å². The zero-order valence-corrected chi connectivity index (χ0v) is 20.6. The first-order valence-corrected chi connectivity index (χ1v) is 12.6. The van der Waals surface area contributed by atoms with Gasteiger partial charge in [-0.1, -0.05) is 18.7 Å². The van der Waals surface area contributed by atoms with Crippen LogP contribution in [0.4, 0.5) is 5.69 Å². The van der Waals surface area contributed by atoms with E-state index >= 15 is 0 Å². The second-order valence-electron chi connectivity index (χ2n) is 8.50. The number of benzene rings is 1. The molecule has 10 heteroatoms. The number of aryl methyl sites for hydroxylation is 1. The van der Waals surface area contributed by atoms with Gasteiger partial charge in [-0.05, 0) is 43.7 Å². The lowest BCUT2D eigenvalue weighted by molar-refractivity contribution is -0.113. The van der Waals surface area contributed by atoms with E-state index in [1.54, 1.807) is 18.4 Å². The molecule has 0 atom stereocenters. The average Bonchev–Trinajstić information content (AvgIpc) is 3.37. The molecule has 0 saturated heterocycles. The first-order chi connectivity index (χ1) is 15.9. The molecule has 0 fully saturated rings. The number of aromatic nitrogens is 4. The number of thioether (sulfide) groups is 1. The zero-order valence-electron chi connectivity index (χ0n) is 19.0. The molecule has 0 spiro atoms. The number of hydrogen-bond donors (Lipinski definition) is 1. The third-order valence-corrected chi connectivity index (χ3v) is 7.67. The predicted molar refractivity (Wildman–Crippen MR) is 130 cm³/mol. The molecule has 1 aromatic carbocycles. The second kappa shape index (κ2) is 8.58. The van der Waals surface area contributed by atoms with Gasteiger partial charge >= 0.3 is 0 Å². The molecule has 4 heterocycles. The number of amides is 1. The number of rotatable bonds is 6. The number of ether oxygens (including phenoxy) is 2. The van der Waals surface area contributed by atoms with Crippen LogP contribution in [-0.4, -0.2) is 44.0 Å². The van der Waals surface area contributed by atoms with Crippen LogP contribution in [0.1, 0.15) is 37.0 Å². The van der Waals surface area contributed by atoms with Crippen LogP contribution in [0.2, 0.25) is 0 Å². The normalized spacial score (nSPS) is 15.0. The molecule has 5 rings (SSSR count). The Morgan fingerprint density at radius 3 is 2.82 bits per heavy atom. The molecule has 0 radical (unpaired) electrons. The minimum absolute atomic E-state index is 0.110. The van der Waals surface area contributed by atoms with E-state index in [4.69, 9.17) is 14.5 Å². The lowest BCUT2D eigenvalue weighted by Crippen LogP contribution is -2.31. The van der Waals surface area contributed by atoms with Gasteiger partial charge in [0.1, 0.15) is 16.4 Å². The van der Waals surface area contributed by atoms with Crippen molar-refractivity contribution in [1.29, 1.82) is 0 Å². The number of carbonyl (C=O) groups excluding carboxylic acids is 1. The fraction of sp³-hybridized carbons (Fsp3) is 0.391. The lowest BCUT2D eigenvalue weighted by atomic mass is 9.94. The number of methoxy groups -OCH3 is 1. The number of nitrogens with zero attached hydrogens (tertiary/aromatic N) is 4. The molecular formula is C23H25N5O3S2. The van der Waals surface area contributed by atoms with Crippen molar-refractivity contribution in [3.05, 3.63) is 40.5 Å². The van der Waals surface area contributed by atoms with Crippen LogP contribution < -0.4 is 10.1 Å². The van der Waals surface area contributed by atoms with Gasteiger partial charge in [-0.2, -0.15) is 0 Å². The van der Waals surface area contributed by atoms with E-state index in [0.29, 0.717) is 11.8 Å². The molecule has 0 saturated carbocycles. The Hall–Kier alpha value is -2.69. The highest BCUT2D eigenvalue weighted by atomic mass is 32.2. The number of carbonyl (C=O) groups is 1. The number of anilines is 1. The summed E-state index contributed by atoms with van der Waals surface area (Å²) in [7, 11) is 1.61.